The molecule has 1 atom stereocenters. The molecule has 0 radical (unpaired) electrons. The van der Waals surface area contributed by atoms with Gasteiger partial charge in [-0.25, -0.2) is 0 Å². The van der Waals surface area contributed by atoms with Crippen LogP contribution in [0.4, 0.5) is 0 Å². The van der Waals surface area contributed by atoms with E-state index in [1.807, 2.05) is 67.5 Å². The molecule has 1 N–H and O–H groups in total. The number of hydrogen-bond donors (Lipinski definition) is 1. The summed E-state index contributed by atoms with van der Waals surface area (Å²) in [5.41, 5.74) is 2.39. The van der Waals surface area contributed by atoms with Crippen molar-refractivity contribution in [3.63, 3.8) is 0 Å². The van der Waals surface area contributed by atoms with Crippen LogP contribution in [0.2, 0.25) is 5.02 Å². The number of benzene rings is 2. The first-order chi connectivity index (χ1) is 13.0. The van der Waals surface area contributed by atoms with Crippen LogP contribution in [0.3, 0.4) is 0 Å². The molecule has 5 nitrogen and oxygen atoms in total. The molecule has 27 heavy (non-hydrogen) atoms. The molecule has 3 aromatic rings. The van der Waals surface area contributed by atoms with Crippen LogP contribution in [-0.4, -0.2) is 38.6 Å². The van der Waals surface area contributed by atoms with Crippen molar-refractivity contribution in [3.8, 4) is 0 Å². The first kappa shape index (κ1) is 19.4. The number of para-hydroxylation sites is 1. The summed E-state index contributed by atoms with van der Waals surface area (Å²) >= 11 is 6.34. The quantitative estimate of drug-likeness (QED) is 0.659. The molecule has 0 bridgehead atoms. The fourth-order valence-electron chi connectivity index (χ4n) is 3.16. The van der Waals surface area contributed by atoms with Gasteiger partial charge in [0.05, 0.1) is 12.6 Å². The lowest BCUT2D eigenvalue weighted by molar-refractivity contribution is 0.0909. The smallest absolute Gasteiger partial charge is 0.287 e. The summed E-state index contributed by atoms with van der Waals surface area (Å²) in [5, 5.41) is 4.54. The molecule has 3 rings (SSSR count). The fraction of sp³-hybridized carbons (Fsp3) is 0.286. The first-order valence-electron chi connectivity index (χ1n) is 8.71. The van der Waals surface area contributed by atoms with Crippen molar-refractivity contribution in [2.24, 2.45) is 0 Å². The predicted octanol–water partition coefficient (Wildman–Crippen LogP) is 4.27. The van der Waals surface area contributed by atoms with Gasteiger partial charge in [0.25, 0.3) is 5.91 Å². The van der Waals surface area contributed by atoms with E-state index in [0.717, 1.165) is 16.5 Å². The molecule has 1 amide bonds. The van der Waals surface area contributed by atoms with Gasteiger partial charge in [-0.2, -0.15) is 0 Å². The zero-order valence-electron chi connectivity index (χ0n) is 15.7. The van der Waals surface area contributed by atoms with Gasteiger partial charge < -0.3 is 19.4 Å². The normalized spacial score (nSPS) is 12.5. The van der Waals surface area contributed by atoms with Crippen LogP contribution in [0.5, 0.6) is 0 Å². The summed E-state index contributed by atoms with van der Waals surface area (Å²) in [6.07, 6.45) is 0. The van der Waals surface area contributed by atoms with Crippen LogP contribution < -0.4 is 5.32 Å². The Labute approximate surface area is 163 Å². The highest BCUT2D eigenvalue weighted by molar-refractivity contribution is 6.31. The highest BCUT2D eigenvalue weighted by Crippen LogP contribution is 2.28. The second kappa shape index (κ2) is 8.57. The van der Waals surface area contributed by atoms with Crippen molar-refractivity contribution >= 4 is 28.5 Å². The maximum absolute atomic E-state index is 12.8. The van der Waals surface area contributed by atoms with E-state index in [0.29, 0.717) is 23.8 Å². The van der Waals surface area contributed by atoms with Crippen molar-refractivity contribution in [1.29, 1.82) is 0 Å². The molecule has 1 aromatic heterocycles. The van der Waals surface area contributed by atoms with Crippen molar-refractivity contribution in [2.75, 3.05) is 27.7 Å². The molecular formula is C21H23ClN2O3. The number of nitrogens with zero attached hydrogens (tertiary/aromatic N) is 1. The molecule has 0 saturated heterocycles. The molecule has 0 aliphatic rings. The molecule has 142 valence electrons. The Morgan fingerprint density at radius 1 is 1.19 bits per heavy atom. The largest absolute Gasteiger partial charge is 0.451 e. The highest BCUT2D eigenvalue weighted by Gasteiger charge is 2.23. The number of furan rings is 1. The summed E-state index contributed by atoms with van der Waals surface area (Å²) in [6, 6.07) is 15.2. The van der Waals surface area contributed by atoms with E-state index in [1.165, 1.54) is 0 Å². The fourth-order valence-corrected chi connectivity index (χ4v) is 3.42. The number of carbonyl (C=O) groups is 1. The molecule has 0 fully saturated rings. The molecule has 0 aliphatic carbocycles. The van der Waals surface area contributed by atoms with Gasteiger partial charge in [0.1, 0.15) is 5.58 Å². The maximum atomic E-state index is 12.8. The minimum atomic E-state index is -0.267. The number of amides is 1. The van der Waals surface area contributed by atoms with Crippen LogP contribution in [0.15, 0.2) is 52.9 Å². The number of methoxy groups -OCH3 is 1. The number of nitrogens with one attached hydrogen (secondary N) is 1. The van der Waals surface area contributed by atoms with Gasteiger partial charge in [-0.15, -0.1) is 0 Å². The Hall–Kier alpha value is -2.34. The number of ether oxygens (including phenoxy) is 1. The van der Waals surface area contributed by atoms with E-state index in [4.69, 9.17) is 20.8 Å². The topological polar surface area (TPSA) is 54.7 Å². The van der Waals surface area contributed by atoms with Crippen molar-refractivity contribution in [2.45, 2.75) is 12.6 Å². The van der Waals surface area contributed by atoms with E-state index in [2.05, 4.69) is 5.32 Å². The highest BCUT2D eigenvalue weighted by atomic mass is 35.5. The van der Waals surface area contributed by atoms with E-state index < -0.39 is 0 Å². The lowest BCUT2D eigenvalue weighted by Crippen LogP contribution is -2.34. The molecule has 0 saturated carbocycles. The van der Waals surface area contributed by atoms with E-state index in [1.54, 1.807) is 7.11 Å². The Bertz CT molecular complexity index is 936. The summed E-state index contributed by atoms with van der Waals surface area (Å²) in [4.78, 5) is 14.9. The first-order valence-corrected chi connectivity index (χ1v) is 9.09. The van der Waals surface area contributed by atoms with Crippen LogP contribution in [0, 0.1) is 0 Å². The summed E-state index contributed by atoms with van der Waals surface area (Å²) in [5.74, 6) is 0.0202. The monoisotopic (exact) mass is 386 g/mol. The van der Waals surface area contributed by atoms with Gasteiger partial charge in [0.15, 0.2) is 5.76 Å². The Kier molecular flexibility index (Phi) is 6.16. The third-order valence-electron chi connectivity index (χ3n) is 4.54. The lowest BCUT2D eigenvalue weighted by Gasteiger charge is -2.25. The molecular weight excluding hydrogens is 364 g/mol. The maximum Gasteiger partial charge on any atom is 0.287 e. The lowest BCUT2D eigenvalue weighted by atomic mass is 10.1. The second-order valence-electron chi connectivity index (χ2n) is 6.55. The minimum absolute atomic E-state index is 0.0575. The SMILES string of the molecule is COCc1c(C(=O)NC[C@H](c2ccccc2Cl)N(C)C)oc2ccccc12. The Balaban J connectivity index is 1.83. The van der Waals surface area contributed by atoms with E-state index >= 15 is 0 Å². The Morgan fingerprint density at radius 2 is 1.89 bits per heavy atom. The van der Waals surface area contributed by atoms with Gasteiger partial charge in [-0.3, -0.25) is 4.79 Å². The number of carbonyl (C=O) groups excluding carboxylic acids is 1. The second-order valence-corrected chi connectivity index (χ2v) is 6.96. The summed E-state index contributed by atoms with van der Waals surface area (Å²) in [7, 11) is 5.51. The summed E-state index contributed by atoms with van der Waals surface area (Å²) in [6.45, 7) is 0.709. The summed E-state index contributed by atoms with van der Waals surface area (Å²) < 4.78 is 11.1. The number of hydrogen-bond acceptors (Lipinski definition) is 4. The third-order valence-corrected chi connectivity index (χ3v) is 4.88. The standard InChI is InChI=1S/C21H23ClN2O3/c1-24(2)18(15-9-4-6-10-17(15)22)12-23-21(25)20-16(13-26-3)14-8-5-7-11-19(14)27-20/h4-11,18H,12-13H2,1-3H3,(H,23,25)/t18-/m1/s1. The average Bonchev–Trinajstić information content (AvgIpc) is 3.02. The molecule has 2 aromatic carbocycles. The Morgan fingerprint density at radius 3 is 2.59 bits per heavy atom. The third kappa shape index (κ3) is 4.16. The van der Waals surface area contributed by atoms with Crippen molar-refractivity contribution in [3.05, 3.63) is 70.4 Å². The predicted molar refractivity (Wildman–Crippen MR) is 107 cm³/mol. The zero-order chi connectivity index (χ0) is 19.4. The van der Waals surface area contributed by atoms with Crippen molar-refractivity contribution < 1.29 is 13.9 Å². The van der Waals surface area contributed by atoms with Crippen LogP contribution in [-0.2, 0) is 11.3 Å². The van der Waals surface area contributed by atoms with Crippen LogP contribution >= 0.6 is 11.6 Å². The van der Waals surface area contributed by atoms with Crippen LogP contribution in [0.1, 0.15) is 27.7 Å². The number of rotatable bonds is 7. The van der Waals surface area contributed by atoms with Gasteiger partial charge in [-0.1, -0.05) is 48.0 Å². The van der Waals surface area contributed by atoms with Gasteiger partial charge in [0.2, 0.25) is 0 Å². The van der Waals surface area contributed by atoms with Gasteiger partial charge >= 0.3 is 0 Å². The number of halogens is 1. The molecule has 0 spiro atoms. The molecule has 0 unspecified atom stereocenters. The van der Waals surface area contributed by atoms with Crippen LogP contribution in [0.25, 0.3) is 11.0 Å². The number of fused-ring (bicyclic) bond motifs is 1. The molecule has 6 heteroatoms. The number of likely N-dealkylation sites (N-methyl/N-ethyl adjacent to an activating group) is 1. The van der Waals surface area contributed by atoms with Gasteiger partial charge in [-0.05, 0) is 31.8 Å². The van der Waals surface area contributed by atoms with Gasteiger partial charge in [0, 0.05) is 29.6 Å². The zero-order valence-corrected chi connectivity index (χ0v) is 16.4. The van der Waals surface area contributed by atoms with Crippen molar-refractivity contribution in [1.82, 2.24) is 10.2 Å². The molecule has 1 heterocycles. The minimum Gasteiger partial charge on any atom is -0.451 e. The van der Waals surface area contributed by atoms with E-state index in [9.17, 15) is 4.79 Å². The average molecular weight is 387 g/mol. The van der Waals surface area contributed by atoms with E-state index in [-0.39, 0.29) is 17.7 Å². The molecule has 0 aliphatic heterocycles.